The molecule has 1 heterocycles. The minimum atomic E-state index is -0.532. The quantitative estimate of drug-likeness (QED) is 0.809. The lowest BCUT2D eigenvalue weighted by molar-refractivity contribution is -0.102. The second-order valence-electron chi connectivity index (χ2n) is 6.48. The van der Waals surface area contributed by atoms with Crippen molar-refractivity contribution in [1.29, 1.82) is 0 Å². The highest BCUT2D eigenvalue weighted by Gasteiger charge is 2.30. The molecular formula is C20H23N3O3. The summed E-state index contributed by atoms with van der Waals surface area (Å²) in [6, 6.07) is 11.2. The van der Waals surface area contributed by atoms with Crippen molar-refractivity contribution in [3.8, 4) is 0 Å². The summed E-state index contributed by atoms with van der Waals surface area (Å²) in [5.74, 6) is -0.766. The second-order valence-corrected chi connectivity index (χ2v) is 6.48. The Bertz CT molecular complexity index is 786. The van der Waals surface area contributed by atoms with Crippen molar-refractivity contribution in [3.05, 3.63) is 65.0 Å². The monoisotopic (exact) mass is 353 g/mol. The van der Waals surface area contributed by atoms with E-state index in [2.05, 4.69) is 4.98 Å². The number of hydrogen-bond acceptors (Lipinski definition) is 4. The van der Waals surface area contributed by atoms with E-state index in [0.29, 0.717) is 17.7 Å². The van der Waals surface area contributed by atoms with Crippen LogP contribution in [0.15, 0.2) is 42.6 Å². The predicted octanol–water partition coefficient (Wildman–Crippen LogP) is 3.04. The molecule has 0 unspecified atom stereocenters. The number of nitrogens with zero attached hydrogens (tertiary/aromatic N) is 2. The van der Waals surface area contributed by atoms with Gasteiger partial charge in [-0.2, -0.15) is 0 Å². The van der Waals surface area contributed by atoms with Crippen LogP contribution < -0.4 is 5.73 Å². The molecule has 0 aliphatic heterocycles. The van der Waals surface area contributed by atoms with E-state index >= 15 is 0 Å². The number of rotatable bonds is 6. The third-order valence-corrected chi connectivity index (χ3v) is 4.84. The van der Waals surface area contributed by atoms with E-state index in [9.17, 15) is 9.59 Å². The summed E-state index contributed by atoms with van der Waals surface area (Å²) in [4.78, 5) is 34.7. The van der Waals surface area contributed by atoms with E-state index in [-0.39, 0.29) is 17.5 Å². The molecule has 2 N–H and O–H groups in total. The number of aromatic nitrogens is 1. The van der Waals surface area contributed by atoms with Crippen LogP contribution in [0.25, 0.3) is 0 Å². The molecule has 1 fully saturated rings. The van der Waals surface area contributed by atoms with Crippen LogP contribution in [0.5, 0.6) is 0 Å². The standard InChI is InChI=1S/C20H23N3O3/c1-26-23(13-14-7-3-2-4-8-14)20(25)18-17(15-9-5-6-10-15)16(19(21)24)11-12-22-18/h2-4,7-8,11-12,15H,5-6,9-10,13H2,1H3,(H2,21,24). The van der Waals surface area contributed by atoms with E-state index in [1.54, 1.807) is 6.07 Å². The Hall–Kier alpha value is -2.73. The number of primary amides is 1. The average molecular weight is 353 g/mol. The van der Waals surface area contributed by atoms with Crippen LogP contribution in [0, 0.1) is 0 Å². The topological polar surface area (TPSA) is 85.5 Å². The summed E-state index contributed by atoms with van der Waals surface area (Å²) >= 11 is 0. The first-order chi connectivity index (χ1) is 12.6. The molecule has 0 radical (unpaired) electrons. The highest BCUT2D eigenvalue weighted by molar-refractivity contribution is 6.00. The van der Waals surface area contributed by atoms with Gasteiger partial charge in [-0.1, -0.05) is 43.2 Å². The average Bonchev–Trinajstić information content (AvgIpc) is 3.20. The minimum absolute atomic E-state index is 0.126. The molecule has 1 aromatic heterocycles. The van der Waals surface area contributed by atoms with Crippen molar-refractivity contribution < 1.29 is 14.4 Å². The van der Waals surface area contributed by atoms with Gasteiger partial charge in [0.1, 0.15) is 5.69 Å². The van der Waals surface area contributed by atoms with Gasteiger partial charge in [0.2, 0.25) is 5.91 Å². The Labute approximate surface area is 152 Å². The first-order valence-corrected chi connectivity index (χ1v) is 8.80. The number of hydrogen-bond donors (Lipinski definition) is 1. The van der Waals surface area contributed by atoms with E-state index in [4.69, 9.17) is 10.6 Å². The van der Waals surface area contributed by atoms with Crippen LogP contribution in [-0.4, -0.2) is 29.0 Å². The van der Waals surface area contributed by atoms with Gasteiger partial charge in [-0.3, -0.25) is 19.4 Å². The van der Waals surface area contributed by atoms with Gasteiger partial charge in [0.15, 0.2) is 0 Å². The summed E-state index contributed by atoms with van der Waals surface area (Å²) in [7, 11) is 1.45. The summed E-state index contributed by atoms with van der Waals surface area (Å²) in [6.07, 6.45) is 5.46. The van der Waals surface area contributed by atoms with Gasteiger partial charge in [-0.25, -0.2) is 5.06 Å². The van der Waals surface area contributed by atoms with E-state index < -0.39 is 5.91 Å². The largest absolute Gasteiger partial charge is 0.366 e. The van der Waals surface area contributed by atoms with Gasteiger partial charge in [0, 0.05) is 11.8 Å². The zero-order valence-electron chi connectivity index (χ0n) is 14.9. The van der Waals surface area contributed by atoms with Crippen molar-refractivity contribution in [3.63, 3.8) is 0 Å². The Morgan fingerprint density at radius 2 is 1.88 bits per heavy atom. The molecule has 1 saturated carbocycles. The molecule has 0 saturated heterocycles. The Morgan fingerprint density at radius 3 is 2.50 bits per heavy atom. The predicted molar refractivity (Wildman–Crippen MR) is 97.3 cm³/mol. The maximum atomic E-state index is 13.1. The molecule has 1 aliphatic carbocycles. The van der Waals surface area contributed by atoms with Gasteiger partial charge < -0.3 is 5.73 Å². The molecule has 3 rings (SSSR count). The van der Waals surface area contributed by atoms with E-state index in [1.165, 1.54) is 18.4 Å². The third-order valence-electron chi connectivity index (χ3n) is 4.84. The number of pyridine rings is 1. The van der Waals surface area contributed by atoms with Crippen molar-refractivity contribution >= 4 is 11.8 Å². The van der Waals surface area contributed by atoms with Gasteiger partial charge >= 0.3 is 0 Å². The summed E-state index contributed by atoms with van der Waals surface area (Å²) in [5, 5.41) is 1.26. The zero-order chi connectivity index (χ0) is 18.5. The molecule has 1 aromatic carbocycles. The molecule has 1 aliphatic rings. The fourth-order valence-corrected chi connectivity index (χ4v) is 3.57. The molecule has 26 heavy (non-hydrogen) atoms. The van der Waals surface area contributed by atoms with Crippen LogP contribution in [0.2, 0.25) is 0 Å². The lowest BCUT2D eigenvalue weighted by Crippen LogP contribution is -2.32. The molecule has 0 spiro atoms. The summed E-state index contributed by atoms with van der Waals surface area (Å²) in [6.45, 7) is 0.294. The van der Waals surface area contributed by atoms with Crippen LogP contribution in [0.1, 0.15) is 63.6 Å². The Balaban J connectivity index is 1.97. The number of nitrogens with two attached hydrogens (primary N) is 1. The lowest BCUT2D eigenvalue weighted by atomic mass is 9.91. The highest BCUT2D eigenvalue weighted by atomic mass is 16.7. The van der Waals surface area contributed by atoms with E-state index in [1.807, 2.05) is 30.3 Å². The molecule has 0 atom stereocenters. The molecule has 2 amide bonds. The van der Waals surface area contributed by atoms with Crippen molar-refractivity contribution in [2.75, 3.05) is 7.11 Å². The first kappa shape index (κ1) is 18.1. The maximum Gasteiger partial charge on any atom is 0.296 e. The first-order valence-electron chi connectivity index (χ1n) is 8.80. The van der Waals surface area contributed by atoms with Gasteiger partial charge in [-0.05, 0) is 36.0 Å². The smallest absolute Gasteiger partial charge is 0.296 e. The SMILES string of the molecule is CON(Cc1ccccc1)C(=O)c1nccc(C(N)=O)c1C1CCCC1. The lowest BCUT2D eigenvalue weighted by Gasteiger charge is -2.23. The summed E-state index contributed by atoms with van der Waals surface area (Å²) < 4.78 is 0. The number of carbonyl (C=O) groups is 2. The molecule has 2 aromatic rings. The molecule has 0 bridgehead atoms. The minimum Gasteiger partial charge on any atom is -0.366 e. The molecular weight excluding hydrogens is 330 g/mol. The van der Waals surface area contributed by atoms with Gasteiger partial charge in [0.05, 0.1) is 13.7 Å². The van der Waals surface area contributed by atoms with Crippen LogP contribution in [0.4, 0.5) is 0 Å². The van der Waals surface area contributed by atoms with Gasteiger partial charge in [0.25, 0.3) is 5.91 Å². The normalized spacial score (nSPS) is 14.3. The molecule has 6 nitrogen and oxygen atoms in total. The van der Waals surface area contributed by atoms with Crippen LogP contribution in [0.3, 0.4) is 0 Å². The fourth-order valence-electron chi connectivity index (χ4n) is 3.57. The van der Waals surface area contributed by atoms with E-state index in [0.717, 1.165) is 31.2 Å². The Kier molecular flexibility index (Phi) is 5.63. The molecule has 136 valence electrons. The number of hydroxylamine groups is 2. The number of benzene rings is 1. The second kappa shape index (κ2) is 8.10. The highest BCUT2D eigenvalue weighted by Crippen LogP contribution is 2.37. The maximum absolute atomic E-state index is 13.1. The zero-order valence-corrected chi connectivity index (χ0v) is 14.9. The Morgan fingerprint density at radius 1 is 1.19 bits per heavy atom. The molecule has 6 heteroatoms. The van der Waals surface area contributed by atoms with Crippen molar-refractivity contribution in [1.82, 2.24) is 10.0 Å². The van der Waals surface area contributed by atoms with Gasteiger partial charge in [-0.15, -0.1) is 0 Å². The van der Waals surface area contributed by atoms with Crippen LogP contribution >= 0.6 is 0 Å². The van der Waals surface area contributed by atoms with Crippen molar-refractivity contribution in [2.45, 2.75) is 38.1 Å². The fraction of sp³-hybridized carbons (Fsp3) is 0.350. The van der Waals surface area contributed by atoms with Crippen LogP contribution in [-0.2, 0) is 11.4 Å². The number of carbonyl (C=O) groups excluding carboxylic acids is 2. The number of amides is 2. The summed E-state index contributed by atoms with van der Waals surface area (Å²) in [5.41, 5.74) is 7.80. The third kappa shape index (κ3) is 3.75. The van der Waals surface area contributed by atoms with Crippen molar-refractivity contribution in [2.24, 2.45) is 5.73 Å².